The van der Waals surface area contributed by atoms with Crippen molar-refractivity contribution >= 4 is 5.69 Å². The first-order chi connectivity index (χ1) is 9.19. The van der Waals surface area contributed by atoms with Crippen molar-refractivity contribution in [2.75, 3.05) is 44.7 Å². The van der Waals surface area contributed by atoms with Crippen molar-refractivity contribution in [2.24, 2.45) is 0 Å². The molecule has 4 nitrogen and oxygen atoms in total. The molecule has 0 spiro atoms. The normalized spacial score (nSPS) is 18.4. The number of benzene rings is 1. The van der Waals surface area contributed by atoms with Crippen LogP contribution in [0.3, 0.4) is 0 Å². The molecule has 1 fully saturated rings. The van der Waals surface area contributed by atoms with Crippen LogP contribution in [0.2, 0.25) is 0 Å². The Kier molecular flexibility index (Phi) is 5.05. The lowest BCUT2D eigenvalue weighted by atomic mass is 10.2. The first-order valence-corrected chi connectivity index (χ1v) is 6.98. The third-order valence-electron chi connectivity index (χ3n) is 3.67. The molecule has 0 aromatic heterocycles. The van der Waals surface area contributed by atoms with Crippen molar-refractivity contribution < 1.29 is 9.84 Å². The van der Waals surface area contributed by atoms with Crippen LogP contribution in [0.4, 0.5) is 5.69 Å². The molecule has 1 saturated heterocycles. The number of rotatable bonds is 5. The van der Waals surface area contributed by atoms with Crippen molar-refractivity contribution in [3.8, 4) is 5.75 Å². The van der Waals surface area contributed by atoms with E-state index >= 15 is 0 Å². The van der Waals surface area contributed by atoms with Crippen LogP contribution in [0, 0.1) is 0 Å². The number of hydrogen-bond donors (Lipinski definition) is 1. The van der Waals surface area contributed by atoms with Gasteiger partial charge in [0, 0.05) is 38.4 Å². The number of hydrogen-bond acceptors (Lipinski definition) is 4. The van der Waals surface area contributed by atoms with Crippen LogP contribution < -0.4 is 9.64 Å². The summed E-state index contributed by atoms with van der Waals surface area (Å²) in [5.41, 5.74) is 1.26. The third-order valence-corrected chi connectivity index (χ3v) is 3.67. The van der Waals surface area contributed by atoms with E-state index in [2.05, 4.69) is 21.9 Å². The molecule has 0 amide bonds. The van der Waals surface area contributed by atoms with Gasteiger partial charge in [-0.3, -0.25) is 4.90 Å². The standard InChI is InChI=1S/C15H24N2O2/c1-13(18)7-8-16-9-11-17(12-10-16)14-3-5-15(19-2)6-4-14/h3-6,13,18H,7-12H2,1-2H3. The minimum atomic E-state index is -0.195. The van der Waals surface area contributed by atoms with Gasteiger partial charge in [0.1, 0.15) is 5.75 Å². The molecular weight excluding hydrogens is 240 g/mol. The number of aliphatic hydroxyl groups is 1. The van der Waals surface area contributed by atoms with Crippen LogP contribution in [0.15, 0.2) is 24.3 Å². The summed E-state index contributed by atoms with van der Waals surface area (Å²) in [7, 11) is 1.69. The fraction of sp³-hybridized carbons (Fsp3) is 0.600. The molecule has 0 saturated carbocycles. The van der Waals surface area contributed by atoms with Crippen molar-refractivity contribution in [1.82, 2.24) is 4.90 Å². The predicted octanol–water partition coefficient (Wildman–Crippen LogP) is 1.59. The summed E-state index contributed by atoms with van der Waals surface area (Å²) < 4.78 is 5.18. The molecular formula is C15H24N2O2. The lowest BCUT2D eigenvalue weighted by Gasteiger charge is -2.36. The highest BCUT2D eigenvalue weighted by Crippen LogP contribution is 2.20. The average molecular weight is 264 g/mol. The molecule has 1 heterocycles. The summed E-state index contributed by atoms with van der Waals surface area (Å²) in [6, 6.07) is 8.25. The zero-order chi connectivity index (χ0) is 13.7. The van der Waals surface area contributed by atoms with Gasteiger partial charge >= 0.3 is 0 Å². The summed E-state index contributed by atoms with van der Waals surface area (Å²) in [4.78, 5) is 4.82. The molecule has 1 aromatic carbocycles. The van der Waals surface area contributed by atoms with E-state index in [4.69, 9.17) is 4.74 Å². The lowest BCUT2D eigenvalue weighted by Crippen LogP contribution is -2.47. The van der Waals surface area contributed by atoms with Gasteiger partial charge in [-0.15, -0.1) is 0 Å². The highest BCUT2D eigenvalue weighted by Gasteiger charge is 2.17. The highest BCUT2D eigenvalue weighted by atomic mass is 16.5. The van der Waals surface area contributed by atoms with E-state index in [9.17, 15) is 5.11 Å². The molecule has 1 unspecified atom stereocenters. The maximum absolute atomic E-state index is 9.31. The summed E-state index contributed by atoms with van der Waals surface area (Å²) in [5, 5.41) is 9.31. The second kappa shape index (κ2) is 6.78. The Bertz CT molecular complexity index is 370. The SMILES string of the molecule is COc1ccc(N2CCN(CCC(C)O)CC2)cc1. The first-order valence-electron chi connectivity index (χ1n) is 6.98. The Balaban J connectivity index is 1.81. The smallest absolute Gasteiger partial charge is 0.119 e. The van der Waals surface area contributed by atoms with E-state index in [-0.39, 0.29) is 6.10 Å². The maximum atomic E-state index is 9.31. The number of piperazine rings is 1. The second-order valence-corrected chi connectivity index (χ2v) is 5.16. The van der Waals surface area contributed by atoms with E-state index < -0.39 is 0 Å². The van der Waals surface area contributed by atoms with Crippen LogP contribution in [-0.4, -0.2) is 55.9 Å². The molecule has 1 aliphatic rings. The lowest BCUT2D eigenvalue weighted by molar-refractivity contribution is 0.153. The van der Waals surface area contributed by atoms with Gasteiger partial charge in [0.15, 0.2) is 0 Å². The number of ether oxygens (including phenoxy) is 1. The fourth-order valence-corrected chi connectivity index (χ4v) is 2.39. The zero-order valence-electron chi connectivity index (χ0n) is 11.9. The quantitative estimate of drug-likeness (QED) is 0.876. The topological polar surface area (TPSA) is 35.9 Å². The number of anilines is 1. The second-order valence-electron chi connectivity index (χ2n) is 5.16. The van der Waals surface area contributed by atoms with E-state index in [1.165, 1.54) is 5.69 Å². The minimum Gasteiger partial charge on any atom is -0.497 e. The maximum Gasteiger partial charge on any atom is 0.119 e. The van der Waals surface area contributed by atoms with Gasteiger partial charge in [-0.05, 0) is 37.6 Å². The summed E-state index contributed by atoms with van der Waals surface area (Å²) in [6.07, 6.45) is 0.669. The van der Waals surface area contributed by atoms with E-state index in [1.807, 2.05) is 19.1 Å². The van der Waals surface area contributed by atoms with Crippen molar-refractivity contribution in [1.29, 1.82) is 0 Å². The molecule has 2 rings (SSSR count). The minimum absolute atomic E-state index is 0.195. The Morgan fingerprint density at radius 2 is 1.79 bits per heavy atom. The number of nitrogens with zero attached hydrogens (tertiary/aromatic N) is 2. The van der Waals surface area contributed by atoms with Crippen molar-refractivity contribution in [3.05, 3.63) is 24.3 Å². The number of methoxy groups -OCH3 is 1. The Morgan fingerprint density at radius 3 is 2.32 bits per heavy atom. The molecule has 0 bridgehead atoms. The summed E-state index contributed by atoms with van der Waals surface area (Å²) in [5.74, 6) is 0.902. The molecule has 1 atom stereocenters. The Morgan fingerprint density at radius 1 is 1.16 bits per heavy atom. The molecule has 0 aliphatic carbocycles. The molecule has 0 radical (unpaired) electrons. The third kappa shape index (κ3) is 4.11. The molecule has 4 heteroatoms. The van der Waals surface area contributed by atoms with E-state index in [0.717, 1.165) is 44.9 Å². The molecule has 1 aromatic rings. The average Bonchev–Trinajstić information content (AvgIpc) is 2.46. The molecule has 1 aliphatic heterocycles. The summed E-state index contributed by atoms with van der Waals surface area (Å²) >= 11 is 0. The highest BCUT2D eigenvalue weighted by molar-refractivity contribution is 5.49. The molecule has 19 heavy (non-hydrogen) atoms. The van der Waals surface area contributed by atoms with Crippen LogP contribution >= 0.6 is 0 Å². The van der Waals surface area contributed by atoms with Gasteiger partial charge in [-0.2, -0.15) is 0 Å². The Hall–Kier alpha value is -1.26. The van der Waals surface area contributed by atoms with Gasteiger partial charge in [0.2, 0.25) is 0 Å². The van der Waals surface area contributed by atoms with E-state index in [0.29, 0.717) is 0 Å². The van der Waals surface area contributed by atoms with Crippen LogP contribution in [0.1, 0.15) is 13.3 Å². The Labute approximate surface area is 115 Å². The van der Waals surface area contributed by atoms with Crippen LogP contribution in [0.5, 0.6) is 5.75 Å². The van der Waals surface area contributed by atoms with Gasteiger partial charge in [-0.25, -0.2) is 0 Å². The molecule has 106 valence electrons. The van der Waals surface area contributed by atoms with Crippen molar-refractivity contribution in [2.45, 2.75) is 19.4 Å². The first kappa shape index (κ1) is 14.2. The molecule has 1 N–H and O–H groups in total. The van der Waals surface area contributed by atoms with E-state index in [1.54, 1.807) is 7.11 Å². The summed E-state index contributed by atoms with van der Waals surface area (Å²) in [6.45, 7) is 7.08. The fourth-order valence-electron chi connectivity index (χ4n) is 2.39. The van der Waals surface area contributed by atoms with Crippen LogP contribution in [0.25, 0.3) is 0 Å². The van der Waals surface area contributed by atoms with Gasteiger partial charge < -0.3 is 14.7 Å². The van der Waals surface area contributed by atoms with Gasteiger partial charge in [0.05, 0.1) is 13.2 Å². The van der Waals surface area contributed by atoms with Gasteiger partial charge in [0.25, 0.3) is 0 Å². The van der Waals surface area contributed by atoms with Crippen molar-refractivity contribution in [3.63, 3.8) is 0 Å². The zero-order valence-corrected chi connectivity index (χ0v) is 11.9. The number of aliphatic hydroxyl groups excluding tert-OH is 1. The largest absolute Gasteiger partial charge is 0.497 e. The van der Waals surface area contributed by atoms with Gasteiger partial charge in [-0.1, -0.05) is 0 Å². The van der Waals surface area contributed by atoms with Crippen LogP contribution in [-0.2, 0) is 0 Å². The predicted molar refractivity (Wildman–Crippen MR) is 77.9 cm³/mol. The monoisotopic (exact) mass is 264 g/mol.